The zero-order valence-electron chi connectivity index (χ0n) is 15.3. The van der Waals surface area contributed by atoms with Gasteiger partial charge in [0, 0.05) is 49.4 Å². The van der Waals surface area contributed by atoms with Crippen molar-refractivity contribution in [2.24, 2.45) is 0 Å². The van der Waals surface area contributed by atoms with Crippen molar-refractivity contribution in [1.82, 2.24) is 15.2 Å². The lowest BCUT2D eigenvalue weighted by Gasteiger charge is -2.36. The molecule has 6 nitrogen and oxygen atoms in total. The van der Waals surface area contributed by atoms with Crippen LogP contribution in [0.25, 0.3) is 0 Å². The summed E-state index contributed by atoms with van der Waals surface area (Å²) in [7, 11) is 0. The van der Waals surface area contributed by atoms with Gasteiger partial charge in [0.1, 0.15) is 0 Å². The van der Waals surface area contributed by atoms with Crippen molar-refractivity contribution in [1.29, 1.82) is 0 Å². The predicted octanol–water partition coefficient (Wildman–Crippen LogP) is 2.97. The Morgan fingerprint density at radius 1 is 1.33 bits per heavy atom. The second-order valence-corrected chi connectivity index (χ2v) is 6.95. The van der Waals surface area contributed by atoms with Crippen LogP contribution in [0.3, 0.4) is 0 Å². The fourth-order valence-electron chi connectivity index (χ4n) is 3.10. The molecule has 1 aliphatic heterocycles. The highest BCUT2D eigenvalue weighted by atomic mass is 35.5. The number of amides is 2. The van der Waals surface area contributed by atoms with E-state index < -0.39 is 0 Å². The molecule has 2 amide bonds. The quantitative estimate of drug-likeness (QED) is 0.763. The molecule has 8 heteroatoms. The third kappa shape index (κ3) is 5.00. The Labute approximate surface area is 169 Å². The Morgan fingerprint density at radius 3 is 2.81 bits per heavy atom. The zero-order valence-corrected chi connectivity index (χ0v) is 16.9. The third-order valence-corrected chi connectivity index (χ3v) is 5.11. The van der Waals surface area contributed by atoms with Gasteiger partial charge >= 0.3 is 0 Å². The first kappa shape index (κ1) is 21.2. The highest BCUT2D eigenvalue weighted by Crippen LogP contribution is 2.29. The Kier molecular flexibility index (Phi) is 7.65. The summed E-state index contributed by atoms with van der Waals surface area (Å²) in [6.07, 6.45) is 5.47. The number of hydrogen-bond acceptors (Lipinski definition) is 5. The highest BCUT2D eigenvalue weighted by Gasteiger charge is 2.29. The van der Waals surface area contributed by atoms with Crippen LogP contribution in [0.4, 0.5) is 5.69 Å². The van der Waals surface area contributed by atoms with Crippen molar-refractivity contribution < 1.29 is 9.59 Å². The van der Waals surface area contributed by atoms with Crippen LogP contribution >= 0.6 is 24.2 Å². The van der Waals surface area contributed by atoms with Crippen LogP contribution in [-0.4, -0.2) is 47.6 Å². The number of hydrogen-bond donors (Lipinski definition) is 2. The molecule has 0 spiro atoms. The topological polar surface area (TPSA) is 74.3 Å². The number of nitrogens with zero attached hydrogens (tertiary/aromatic N) is 2. The van der Waals surface area contributed by atoms with Gasteiger partial charge in [0.25, 0.3) is 5.91 Å². The fourth-order valence-corrected chi connectivity index (χ4v) is 3.69. The van der Waals surface area contributed by atoms with Gasteiger partial charge in [-0.1, -0.05) is 6.07 Å². The third-order valence-electron chi connectivity index (χ3n) is 4.33. The lowest BCUT2D eigenvalue weighted by atomic mass is 10.0. The van der Waals surface area contributed by atoms with Gasteiger partial charge in [-0.2, -0.15) is 0 Å². The van der Waals surface area contributed by atoms with Crippen LogP contribution < -0.4 is 10.6 Å². The molecule has 0 bridgehead atoms. The number of nitrogens with one attached hydrogen (secondary N) is 2. The van der Waals surface area contributed by atoms with Crippen LogP contribution in [0, 0.1) is 0 Å². The summed E-state index contributed by atoms with van der Waals surface area (Å²) in [6, 6.07) is 9.26. The Balaban J connectivity index is 0.00000261. The summed E-state index contributed by atoms with van der Waals surface area (Å²) in [6.45, 7) is 3.58. The lowest BCUT2D eigenvalue weighted by molar-refractivity contribution is -0.114. The van der Waals surface area contributed by atoms with E-state index >= 15 is 0 Å². The average Bonchev–Trinajstić information content (AvgIpc) is 2.68. The molecular formula is C19H23ClN4O2S. The first-order valence-electron chi connectivity index (χ1n) is 8.47. The molecule has 1 aromatic carbocycles. The summed E-state index contributed by atoms with van der Waals surface area (Å²) >= 11 is 1.51. The average molecular weight is 407 g/mol. The summed E-state index contributed by atoms with van der Waals surface area (Å²) in [4.78, 5) is 31.5. The lowest BCUT2D eigenvalue weighted by Crippen LogP contribution is -2.48. The number of thioether (sulfide) groups is 1. The number of halogens is 1. The number of rotatable bonds is 4. The van der Waals surface area contributed by atoms with Crippen molar-refractivity contribution in [2.75, 3.05) is 31.2 Å². The molecule has 144 valence electrons. The van der Waals surface area contributed by atoms with Crippen LogP contribution in [-0.2, 0) is 4.79 Å². The molecule has 3 rings (SSSR count). The molecule has 1 saturated heterocycles. The molecule has 27 heavy (non-hydrogen) atoms. The van der Waals surface area contributed by atoms with Crippen molar-refractivity contribution in [3.8, 4) is 0 Å². The Morgan fingerprint density at radius 2 is 2.15 bits per heavy atom. The van der Waals surface area contributed by atoms with Gasteiger partial charge in [0.05, 0.1) is 11.7 Å². The van der Waals surface area contributed by atoms with Crippen LogP contribution in [0.2, 0.25) is 0 Å². The summed E-state index contributed by atoms with van der Waals surface area (Å²) < 4.78 is 0. The molecule has 1 aliphatic rings. The molecule has 2 aromatic rings. The predicted molar refractivity (Wildman–Crippen MR) is 111 cm³/mol. The molecule has 1 fully saturated rings. The Hall–Kier alpha value is -2.09. The van der Waals surface area contributed by atoms with Gasteiger partial charge < -0.3 is 15.5 Å². The number of anilines is 1. The SMILES string of the molecule is CSc1cc(C(=O)N2CCNCC2c2cccnc2)ccc1NC(C)=O.Cl. The number of carbonyl (C=O) groups is 2. The van der Waals surface area contributed by atoms with Gasteiger partial charge in [-0.3, -0.25) is 14.6 Å². The molecule has 1 aromatic heterocycles. The summed E-state index contributed by atoms with van der Waals surface area (Å²) in [5.74, 6) is -0.136. The van der Waals surface area contributed by atoms with E-state index in [1.54, 1.807) is 18.3 Å². The minimum absolute atomic E-state index is 0. The van der Waals surface area contributed by atoms with E-state index in [-0.39, 0.29) is 30.3 Å². The number of pyridine rings is 1. The first-order valence-corrected chi connectivity index (χ1v) is 9.70. The van der Waals surface area contributed by atoms with Gasteiger partial charge in [-0.25, -0.2) is 0 Å². The number of carbonyl (C=O) groups excluding carboxylic acids is 2. The van der Waals surface area contributed by atoms with E-state index in [2.05, 4.69) is 15.6 Å². The molecule has 0 aliphatic carbocycles. The van der Waals surface area contributed by atoms with Gasteiger partial charge in [0.15, 0.2) is 0 Å². The van der Waals surface area contributed by atoms with E-state index in [4.69, 9.17) is 0 Å². The molecule has 1 atom stereocenters. The second-order valence-electron chi connectivity index (χ2n) is 6.10. The normalized spacial score (nSPS) is 16.4. The fraction of sp³-hybridized carbons (Fsp3) is 0.316. The summed E-state index contributed by atoms with van der Waals surface area (Å²) in [5.41, 5.74) is 2.37. The number of benzene rings is 1. The zero-order chi connectivity index (χ0) is 18.5. The molecular weight excluding hydrogens is 384 g/mol. The highest BCUT2D eigenvalue weighted by molar-refractivity contribution is 7.98. The Bertz CT molecular complexity index is 804. The first-order chi connectivity index (χ1) is 12.6. The van der Waals surface area contributed by atoms with Crippen molar-refractivity contribution in [3.05, 3.63) is 53.9 Å². The number of piperazine rings is 1. The molecule has 1 unspecified atom stereocenters. The van der Waals surface area contributed by atoms with Crippen LogP contribution in [0.1, 0.15) is 28.9 Å². The minimum Gasteiger partial charge on any atom is -0.329 e. The minimum atomic E-state index is -0.127. The van der Waals surface area contributed by atoms with Crippen molar-refractivity contribution in [2.45, 2.75) is 17.9 Å². The van der Waals surface area contributed by atoms with Crippen molar-refractivity contribution in [3.63, 3.8) is 0 Å². The van der Waals surface area contributed by atoms with Gasteiger partial charge in [-0.05, 0) is 36.1 Å². The van der Waals surface area contributed by atoms with Crippen LogP contribution in [0.15, 0.2) is 47.6 Å². The monoisotopic (exact) mass is 406 g/mol. The standard InChI is InChI=1S/C19H22N4O2S.ClH/c1-13(24)22-16-6-5-14(10-18(16)26-2)19(25)23-9-8-21-12-17(23)15-4-3-7-20-11-15;/h3-7,10-11,17,21H,8-9,12H2,1-2H3,(H,22,24);1H. The van der Waals surface area contributed by atoms with Crippen molar-refractivity contribution >= 4 is 41.7 Å². The van der Waals surface area contributed by atoms with E-state index in [9.17, 15) is 9.59 Å². The van der Waals surface area contributed by atoms with Gasteiger partial charge in [0.2, 0.25) is 5.91 Å². The maximum atomic E-state index is 13.2. The molecule has 0 radical (unpaired) electrons. The van der Waals surface area contributed by atoms with E-state index in [1.807, 2.05) is 35.6 Å². The van der Waals surface area contributed by atoms with E-state index in [1.165, 1.54) is 18.7 Å². The maximum Gasteiger partial charge on any atom is 0.254 e. The maximum absolute atomic E-state index is 13.2. The van der Waals surface area contributed by atoms with Gasteiger partial charge in [-0.15, -0.1) is 24.2 Å². The largest absolute Gasteiger partial charge is 0.329 e. The van der Waals surface area contributed by atoms with E-state index in [0.29, 0.717) is 18.7 Å². The summed E-state index contributed by atoms with van der Waals surface area (Å²) in [5, 5.41) is 6.15. The van der Waals surface area contributed by atoms with Crippen LogP contribution in [0.5, 0.6) is 0 Å². The second kappa shape index (κ2) is 9.73. The molecule has 0 saturated carbocycles. The van der Waals surface area contributed by atoms with E-state index in [0.717, 1.165) is 22.7 Å². The molecule has 2 N–H and O–H groups in total. The smallest absolute Gasteiger partial charge is 0.254 e. The number of aromatic nitrogens is 1. The molecule has 2 heterocycles.